The quantitative estimate of drug-likeness (QED) is 0.0470. The molecule has 15 heteroatoms. The molecule has 0 radical (unpaired) electrons. The summed E-state index contributed by atoms with van der Waals surface area (Å²) in [6, 6.07) is 6.46. The molecule has 1 aromatic carbocycles. The maximum atomic E-state index is 13.0. The van der Waals surface area contributed by atoms with Gasteiger partial charge in [-0.2, -0.15) is 0 Å². The predicted octanol–water partition coefficient (Wildman–Crippen LogP) is 2.58. The summed E-state index contributed by atoms with van der Waals surface area (Å²) in [5, 5.41) is 33.8. The van der Waals surface area contributed by atoms with Gasteiger partial charge in [-0.3, -0.25) is 34.0 Å². The number of carbonyl (C=O) groups is 6. The molecule has 0 aliphatic heterocycles. The highest BCUT2D eigenvalue weighted by molar-refractivity contribution is 6.00. The first-order valence-corrected chi connectivity index (χ1v) is 14.5. The number of benzene rings is 1. The van der Waals surface area contributed by atoms with Gasteiger partial charge in [0.2, 0.25) is 12.3 Å². The minimum atomic E-state index is -1.38. The minimum Gasteiger partial charge on any atom is -0.493 e. The second-order valence-electron chi connectivity index (χ2n) is 10.0. The van der Waals surface area contributed by atoms with Crippen molar-refractivity contribution in [2.45, 2.75) is 58.9 Å². The number of hydrogen-bond acceptors (Lipinski definition) is 9. The smallest absolute Gasteiger partial charge is 0.323 e. The highest BCUT2D eigenvalue weighted by Gasteiger charge is 2.31. The Hall–Kier alpha value is -4.92. The van der Waals surface area contributed by atoms with Crippen LogP contribution in [0, 0.1) is 5.92 Å². The third kappa shape index (κ3) is 10.6. The average molecular weight is 633 g/mol. The molecule has 45 heavy (non-hydrogen) atoms. The van der Waals surface area contributed by atoms with Gasteiger partial charge in [0, 0.05) is 5.56 Å². The number of nitrogens with zero attached hydrogens (tertiary/aromatic N) is 2. The summed E-state index contributed by atoms with van der Waals surface area (Å²) in [7, 11) is 0. The molecule has 2 atom stereocenters. The van der Waals surface area contributed by atoms with E-state index in [4.69, 9.17) is 19.4 Å². The molecule has 0 saturated carbocycles. The van der Waals surface area contributed by atoms with Crippen LogP contribution in [0.25, 0.3) is 11.3 Å². The standard InChI is InChI=1S/C30H40N4O11/c1-4-7-8-9-20(22(5-2)34(43)18-35)28(40)31-17-32-29(41)24-13-12-23(45-24)19-10-11-21(25(14-19)44-6-3)30(42)33(15-26(36)37)16-27(38)39/h10-14,18,20,22,43H,4-9,15-17H2,1-3H3,(H,31,40)(H,32,41)(H,36,37)(H,38,39). The third-order valence-electron chi connectivity index (χ3n) is 6.86. The molecular formula is C30H40N4O11. The van der Waals surface area contributed by atoms with Crippen LogP contribution in [0.5, 0.6) is 5.75 Å². The molecule has 2 unspecified atom stereocenters. The van der Waals surface area contributed by atoms with E-state index >= 15 is 0 Å². The van der Waals surface area contributed by atoms with Gasteiger partial charge in [0.15, 0.2) is 5.76 Å². The van der Waals surface area contributed by atoms with Gasteiger partial charge in [-0.15, -0.1) is 0 Å². The largest absolute Gasteiger partial charge is 0.493 e. The number of nitrogens with one attached hydrogen (secondary N) is 2. The van der Waals surface area contributed by atoms with Crippen molar-refractivity contribution in [3.63, 3.8) is 0 Å². The Bertz CT molecular complexity index is 1330. The van der Waals surface area contributed by atoms with Crippen LogP contribution in [0.2, 0.25) is 0 Å². The first-order valence-electron chi connectivity index (χ1n) is 14.5. The number of carbonyl (C=O) groups excluding carboxylic acids is 4. The molecule has 246 valence electrons. The minimum absolute atomic E-state index is 0.0563. The second kappa shape index (κ2) is 18.0. The van der Waals surface area contributed by atoms with Gasteiger partial charge in [0.1, 0.15) is 24.6 Å². The number of ether oxygens (including phenoxy) is 1. The zero-order chi connectivity index (χ0) is 33.5. The number of rotatable bonds is 20. The van der Waals surface area contributed by atoms with Crippen LogP contribution < -0.4 is 15.4 Å². The molecule has 1 aromatic heterocycles. The lowest BCUT2D eigenvalue weighted by atomic mass is 9.90. The maximum Gasteiger partial charge on any atom is 0.323 e. The fraction of sp³-hybridized carbons (Fsp3) is 0.467. The van der Waals surface area contributed by atoms with Gasteiger partial charge in [0.25, 0.3) is 11.8 Å². The Kier molecular flexibility index (Phi) is 14.5. The lowest BCUT2D eigenvalue weighted by Crippen LogP contribution is -2.47. The lowest BCUT2D eigenvalue weighted by molar-refractivity contribution is -0.168. The Morgan fingerprint density at radius 1 is 0.978 bits per heavy atom. The number of amides is 4. The van der Waals surface area contributed by atoms with Crippen LogP contribution in [-0.2, 0) is 19.2 Å². The van der Waals surface area contributed by atoms with E-state index in [-0.39, 0.29) is 42.5 Å². The van der Waals surface area contributed by atoms with Crippen molar-refractivity contribution in [2.24, 2.45) is 5.92 Å². The van der Waals surface area contributed by atoms with Gasteiger partial charge < -0.3 is 34.9 Å². The molecule has 4 amide bonds. The number of hydrogen-bond donors (Lipinski definition) is 5. The van der Waals surface area contributed by atoms with Crippen LogP contribution in [0.3, 0.4) is 0 Å². The molecule has 2 rings (SSSR count). The first-order chi connectivity index (χ1) is 21.5. The summed E-state index contributed by atoms with van der Waals surface area (Å²) in [6.07, 6.45) is 3.59. The van der Waals surface area contributed by atoms with Crippen LogP contribution in [-0.4, -0.2) is 93.9 Å². The van der Waals surface area contributed by atoms with Crippen molar-refractivity contribution in [2.75, 3.05) is 26.4 Å². The van der Waals surface area contributed by atoms with Crippen molar-refractivity contribution >= 4 is 36.1 Å². The fourth-order valence-corrected chi connectivity index (χ4v) is 4.72. The number of hydroxylamine groups is 2. The molecular weight excluding hydrogens is 592 g/mol. The number of carboxylic acid groups (broad SMARTS) is 2. The van der Waals surface area contributed by atoms with Crippen LogP contribution in [0.1, 0.15) is 73.8 Å². The third-order valence-corrected chi connectivity index (χ3v) is 6.86. The average Bonchev–Trinajstić information content (AvgIpc) is 3.50. The highest BCUT2D eigenvalue weighted by atomic mass is 16.5. The molecule has 0 aliphatic rings. The molecule has 0 aliphatic carbocycles. The molecule has 2 aromatic rings. The molecule has 15 nitrogen and oxygen atoms in total. The highest BCUT2D eigenvalue weighted by Crippen LogP contribution is 2.30. The summed E-state index contributed by atoms with van der Waals surface area (Å²) >= 11 is 0. The second-order valence-corrected chi connectivity index (χ2v) is 10.0. The summed E-state index contributed by atoms with van der Waals surface area (Å²) in [5.74, 6) is -5.16. The van der Waals surface area contributed by atoms with Gasteiger partial charge in [-0.25, -0.2) is 5.06 Å². The molecule has 0 spiro atoms. The Morgan fingerprint density at radius 3 is 2.24 bits per heavy atom. The first kappa shape index (κ1) is 36.3. The van der Waals surface area contributed by atoms with E-state index < -0.39 is 54.7 Å². The number of carboxylic acids is 2. The number of aliphatic carboxylic acids is 2. The van der Waals surface area contributed by atoms with Crippen molar-refractivity contribution in [1.82, 2.24) is 20.6 Å². The van der Waals surface area contributed by atoms with E-state index in [1.807, 2.05) is 6.92 Å². The van der Waals surface area contributed by atoms with E-state index in [1.165, 1.54) is 30.3 Å². The SMILES string of the molecule is CCCCCC(C(=O)NCNC(=O)c1ccc(-c2ccc(C(=O)N(CC(=O)O)CC(=O)O)c(OCC)c2)o1)C(CC)N(O)C=O. The normalized spacial score (nSPS) is 12.0. The van der Waals surface area contributed by atoms with Gasteiger partial charge in [-0.1, -0.05) is 39.2 Å². The Morgan fingerprint density at radius 2 is 1.67 bits per heavy atom. The lowest BCUT2D eigenvalue weighted by Gasteiger charge is -2.29. The van der Waals surface area contributed by atoms with E-state index in [1.54, 1.807) is 13.8 Å². The molecule has 0 bridgehead atoms. The van der Waals surface area contributed by atoms with Crippen LogP contribution >= 0.6 is 0 Å². The van der Waals surface area contributed by atoms with E-state index in [0.29, 0.717) is 28.4 Å². The van der Waals surface area contributed by atoms with Gasteiger partial charge in [-0.05, 0) is 44.0 Å². The zero-order valence-electron chi connectivity index (χ0n) is 25.5. The summed E-state index contributed by atoms with van der Waals surface area (Å²) in [6.45, 7) is 3.68. The van der Waals surface area contributed by atoms with E-state index in [0.717, 1.165) is 19.3 Å². The van der Waals surface area contributed by atoms with E-state index in [9.17, 15) is 34.0 Å². The van der Waals surface area contributed by atoms with Crippen LogP contribution in [0.15, 0.2) is 34.7 Å². The molecule has 5 N–H and O–H groups in total. The summed E-state index contributed by atoms with van der Waals surface area (Å²) in [5.41, 5.74) is 0.355. The fourth-order valence-electron chi connectivity index (χ4n) is 4.72. The molecule has 0 fully saturated rings. The Labute approximate surface area is 260 Å². The summed E-state index contributed by atoms with van der Waals surface area (Å²) in [4.78, 5) is 72.8. The van der Waals surface area contributed by atoms with Gasteiger partial charge >= 0.3 is 11.9 Å². The number of unbranched alkanes of at least 4 members (excludes halogenated alkanes) is 2. The van der Waals surface area contributed by atoms with Gasteiger partial charge in [0.05, 0.1) is 30.8 Å². The van der Waals surface area contributed by atoms with Crippen molar-refractivity contribution in [3.05, 3.63) is 41.7 Å². The van der Waals surface area contributed by atoms with Crippen molar-refractivity contribution in [3.8, 4) is 17.1 Å². The topological polar surface area (TPSA) is 216 Å². The van der Waals surface area contributed by atoms with E-state index in [2.05, 4.69) is 10.6 Å². The monoisotopic (exact) mass is 632 g/mol. The summed E-state index contributed by atoms with van der Waals surface area (Å²) < 4.78 is 11.2. The van der Waals surface area contributed by atoms with Crippen LogP contribution in [0.4, 0.5) is 0 Å². The number of furan rings is 1. The molecule has 1 heterocycles. The van der Waals surface area contributed by atoms with Crippen molar-refractivity contribution < 1.29 is 53.3 Å². The van der Waals surface area contributed by atoms with Crippen molar-refractivity contribution in [1.29, 1.82) is 0 Å². The molecule has 0 saturated heterocycles. The predicted molar refractivity (Wildman–Crippen MR) is 158 cm³/mol. The Balaban J connectivity index is 2.15. The maximum absolute atomic E-state index is 13.0. The zero-order valence-corrected chi connectivity index (χ0v) is 25.5.